The average Bonchev–Trinajstić information content (AvgIpc) is 2.84. The second-order valence-electron chi connectivity index (χ2n) is 5.83. The number of halogens is 1. The fourth-order valence-corrected chi connectivity index (χ4v) is 2.61. The normalized spacial score (nSPS) is 17.3. The van der Waals surface area contributed by atoms with Crippen molar-refractivity contribution in [2.45, 2.75) is 38.6 Å². The summed E-state index contributed by atoms with van der Waals surface area (Å²) in [4.78, 5) is 2.44. The molecule has 18 heavy (non-hydrogen) atoms. The third kappa shape index (κ3) is 3.05. The highest BCUT2D eigenvalue weighted by Gasteiger charge is 2.21. The number of aliphatic hydroxyl groups is 1. The van der Waals surface area contributed by atoms with Crippen LogP contribution in [0, 0.1) is 0 Å². The molecule has 1 aromatic rings. The van der Waals surface area contributed by atoms with Crippen LogP contribution >= 0.6 is 11.6 Å². The molecule has 3 heteroatoms. The zero-order valence-corrected chi connectivity index (χ0v) is 12.0. The maximum absolute atomic E-state index is 9.39. The average molecular weight is 268 g/mol. The highest BCUT2D eigenvalue weighted by Crippen LogP contribution is 2.28. The molecule has 0 spiro atoms. The lowest BCUT2D eigenvalue weighted by atomic mass is 9.85. The molecule has 0 radical (unpaired) electrons. The van der Waals surface area contributed by atoms with E-state index in [1.54, 1.807) is 0 Å². The van der Waals surface area contributed by atoms with E-state index in [-0.39, 0.29) is 12.0 Å². The van der Waals surface area contributed by atoms with E-state index in [2.05, 4.69) is 17.0 Å². The van der Waals surface area contributed by atoms with Gasteiger partial charge in [0.15, 0.2) is 0 Å². The summed E-state index contributed by atoms with van der Waals surface area (Å²) in [5, 5.41) is 10.2. The molecule has 0 amide bonds. The molecule has 0 unspecified atom stereocenters. The van der Waals surface area contributed by atoms with E-state index in [1.807, 2.05) is 19.9 Å². The Morgan fingerprint density at radius 2 is 1.94 bits per heavy atom. The van der Waals surface area contributed by atoms with E-state index in [1.165, 1.54) is 31.5 Å². The van der Waals surface area contributed by atoms with Gasteiger partial charge < -0.3 is 5.11 Å². The Labute approximate surface area is 115 Å². The Kier molecular flexibility index (Phi) is 4.31. The van der Waals surface area contributed by atoms with E-state index in [4.69, 9.17) is 11.6 Å². The zero-order valence-electron chi connectivity index (χ0n) is 11.2. The monoisotopic (exact) mass is 267 g/mol. The molecule has 0 bridgehead atoms. The smallest absolute Gasteiger partial charge is 0.0522 e. The minimum absolute atomic E-state index is 0.134. The van der Waals surface area contributed by atoms with E-state index in [0.29, 0.717) is 0 Å². The van der Waals surface area contributed by atoms with Crippen LogP contribution in [0.15, 0.2) is 18.2 Å². The largest absolute Gasteiger partial charge is 0.395 e. The first kappa shape index (κ1) is 13.9. The zero-order chi connectivity index (χ0) is 13.2. The lowest BCUT2D eigenvalue weighted by molar-refractivity contribution is 0.218. The van der Waals surface area contributed by atoms with Crippen LogP contribution in [0.4, 0.5) is 0 Å². The van der Waals surface area contributed by atoms with Crippen molar-refractivity contribution >= 4 is 11.6 Å². The fourth-order valence-electron chi connectivity index (χ4n) is 2.37. The molecule has 2 nitrogen and oxygen atoms in total. The number of hydrogen-bond acceptors (Lipinski definition) is 2. The highest BCUT2D eigenvalue weighted by atomic mass is 35.5. The first-order valence-electron chi connectivity index (χ1n) is 6.65. The Morgan fingerprint density at radius 1 is 1.28 bits per heavy atom. The Bertz CT molecular complexity index is 411. The van der Waals surface area contributed by atoms with E-state index in [0.717, 1.165) is 17.1 Å². The van der Waals surface area contributed by atoms with Crippen molar-refractivity contribution in [3.63, 3.8) is 0 Å². The summed E-state index contributed by atoms with van der Waals surface area (Å²) < 4.78 is 0. The van der Waals surface area contributed by atoms with E-state index < -0.39 is 0 Å². The minimum atomic E-state index is -0.226. The molecule has 1 aliphatic heterocycles. The second kappa shape index (κ2) is 5.60. The minimum Gasteiger partial charge on any atom is -0.395 e. The molecule has 1 N–H and O–H groups in total. The predicted molar refractivity (Wildman–Crippen MR) is 76.1 cm³/mol. The lowest BCUT2D eigenvalue weighted by Crippen LogP contribution is -2.22. The van der Waals surface area contributed by atoms with E-state index in [9.17, 15) is 5.11 Å². The van der Waals surface area contributed by atoms with Crippen LogP contribution in [-0.2, 0) is 12.0 Å². The van der Waals surface area contributed by atoms with Gasteiger partial charge in [-0.1, -0.05) is 37.6 Å². The fraction of sp³-hybridized carbons (Fsp3) is 0.600. The van der Waals surface area contributed by atoms with Crippen molar-refractivity contribution in [2.75, 3.05) is 19.7 Å². The summed E-state index contributed by atoms with van der Waals surface area (Å²) in [5.74, 6) is 0. The van der Waals surface area contributed by atoms with Crippen LogP contribution in [0.25, 0.3) is 0 Å². The third-order valence-corrected chi connectivity index (χ3v) is 4.17. The van der Waals surface area contributed by atoms with Gasteiger partial charge in [-0.25, -0.2) is 0 Å². The van der Waals surface area contributed by atoms with Gasteiger partial charge in [-0.15, -0.1) is 0 Å². The number of likely N-dealkylation sites (tertiary alicyclic amines) is 1. The first-order valence-corrected chi connectivity index (χ1v) is 7.03. The van der Waals surface area contributed by atoms with Crippen LogP contribution in [0.3, 0.4) is 0 Å². The number of hydrogen-bond donors (Lipinski definition) is 1. The Hall–Kier alpha value is -0.570. The van der Waals surface area contributed by atoms with Crippen molar-refractivity contribution in [1.29, 1.82) is 0 Å². The van der Waals surface area contributed by atoms with Crippen molar-refractivity contribution in [3.8, 4) is 0 Å². The van der Waals surface area contributed by atoms with Crippen LogP contribution in [-0.4, -0.2) is 29.7 Å². The van der Waals surface area contributed by atoms with Gasteiger partial charge in [0.2, 0.25) is 0 Å². The van der Waals surface area contributed by atoms with E-state index >= 15 is 0 Å². The molecule has 100 valence electrons. The summed E-state index contributed by atoms with van der Waals surface area (Å²) in [6.45, 7) is 7.49. The molecule has 0 aliphatic carbocycles. The van der Waals surface area contributed by atoms with Crippen molar-refractivity contribution < 1.29 is 5.11 Å². The van der Waals surface area contributed by atoms with Crippen LogP contribution in [0.1, 0.15) is 37.8 Å². The molecule has 1 aliphatic rings. The molecule has 2 rings (SSSR count). The van der Waals surface area contributed by atoms with Crippen LogP contribution in [0.5, 0.6) is 0 Å². The number of rotatable bonds is 4. The summed E-state index contributed by atoms with van der Waals surface area (Å²) in [7, 11) is 0. The lowest BCUT2D eigenvalue weighted by Gasteiger charge is -2.23. The van der Waals surface area contributed by atoms with Gasteiger partial charge in [-0.3, -0.25) is 4.90 Å². The number of aliphatic hydroxyl groups excluding tert-OH is 1. The second-order valence-corrected chi connectivity index (χ2v) is 6.24. The van der Waals surface area contributed by atoms with Gasteiger partial charge >= 0.3 is 0 Å². The standard InChI is InChI=1S/C15H22ClNO/c1-15(2,11-18)13-6-5-12(14(16)9-13)10-17-7-3-4-8-17/h5-6,9,18H,3-4,7-8,10-11H2,1-2H3. The van der Waals surface area contributed by atoms with Gasteiger partial charge in [-0.2, -0.15) is 0 Å². The molecule has 1 heterocycles. The van der Waals surface area contributed by atoms with Gasteiger partial charge in [0.1, 0.15) is 0 Å². The quantitative estimate of drug-likeness (QED) is 0.906. The van der Waals surface area contributed by atoms with Crippen LogP contribution in [0.2, 0.25) is 5.02 Å². The number of benzene rings is 1. The van der Waals surface area contributed by atoms with Gasteiger partial charge in [0, 0.05) is 17.0 Å². The van der Waals surface area contributed by atoms with Gasteiger partial charge in [0.25, 0.3) is 0 Å². The maximum atomic E-state index is 9.39. The summed E-state index contributed by atoms with van der Waals surface area (Å²) >= 11 is 6.36. The first-order chi connectivity index (χ1) is 8.53. The van der Waals surface area contributed by atoms with Crippen molar-refractivity contribution in [3.05, 3.63) is 34.3 Å². The summed E-state index contributed by atoms with van der Waals surface area (Å²) in [6.07, 6.45) is 2.60. The van der Waals surface area contributed by atoms with Crippen molar-refractivity contribution in [1.82, 2.24) is 4.90 Å². The predicted octanol–water partition coefficient (Wildman–Crippen LogP) is 3.21. The Morgan fingerprint density at radius 3 is 2.50 bits per heavy atom. The van der Waals surface area contributed by atoms with Gasteiger partial charge in [0.05, 0.1) is 6.61 Å². The molecular weight excluding hydrogens is 246 g/mol. The summed E-state index contributed by atoms with van der Waals surface area (Å²) in [5.41, 5.74) is 2.06. The van der Waals surface area contributed by atoms with Gasteiger partial charge in [-0.05, 0) is 43.1 Å². The summed E-state index contributed by atoms with van der Waals surface area (Å²) in [6, 6.07) is 6.20. The number of nitrogens with zero attached hydrogens (tertiary/aromatic N) is 1. The molecule has 1 aromatic carbocycles. The third-order valence-electron chi connectivity index (χ3n) is 3.82. The molecule has 0 aromatic heterocycles. The van der Waals surface area contributed by atoms with Crippen LogP contribution < -0.4 is 0 Å². The molecule has 0 saturated carbocycles. The highest BCUT2D eigenvalue weighted by molar-refractivity contribution is 6.31. The molecule has 0 atom stereocenters. The molecule has 1 saturated heterocycles. The topological polar surface area (TPSA) is 23.5 Å². The SMILES string of the molecule is CC(C)(CO)c1ccc(CN2CCCC2)c(Cl)c1. The molecule has 1 fully saturated rings. The van der Waals surface area contributed by atoms with Crippen molar-refractivity contribution in [2.24, 2.45) is 0 Å². The maximum Gasteiger partial charge on any atom is 0.0522 e. The molecular formula is C15H22ClNO. The Balaban J connectivity index is 2.14.